The second-order valence-corrected chi connectivity index (χ2v) is 8.32. The van der Waals surface area contributed by atoms with Crippen molar-refractivity contribution < 1.29 is 4.79 Å². The molecule has 0 bridgehead atoms. The highest BCUT2D eigenvalue weighted by Gasteiger charge is 2.27. The lowest BCUT2D eigenvalue weighted by molar-refractivity contribution is -0.117. The lowest BCUT2D eigenvalue weighted by atomic mass is 9.86. The molecule has 1 unspecified atom stereocenters. The van der Waals surface area contributed by atoms with Gasteiger partial charge in [-0.15, -0.1) is 0 Å². The number of amides is 1. The van der Waals surface area contributed by atoms with Crippen molar-refractivity contribution in [3.63, 3.8) is 0 Å². The molecule has 2 aromatic rings. The minimum atomic E-state index is -0.256. The van der Waals surface area contributed by atoms with E-state index in [9.17, 15) is 4.79 Å². The van der Waals surface area contributed by atoms with Gasteiger partial charge in [0.05, 0.1) is 6.42 Å². The lowest BCUT2D eigenvalue weighted by Crippen LogP contribution is -2.44. The monoisotopic (exact) mass is 379 g/mol. The summed E-state index contributed by atoms with van der Waals surface area (Å²) >= 11 is 0. The quantitative estimate of drug-likeness (QED) is 0.658. The average Bonchev–Trinajstić information content (AvgIpc) is 2.66. The van der Waals surface area contributed by atoms with E-state index >= 15 is 0 Å². The van der Waals surface area contributed by atoms with Crippen molar-refractivity contribution in [3.05, 3.63) is 70.8 Å². The fourth-order valence-electron chi connectivity index (χ4n) is 4.24. The zero-order valence-electron chi connectivity index (χ0n) is 17.2. The number of benzene rings is 2. The minimum absolute atomic E-state index is 0.256. The maximum atomic E-state index is 11.5. The fraction of sp³-hybridized carbons (Fsp3) is 0.458. The number of carbonyl (C=O) groups is 1. The van der Waals surface area contributed by atoms with Gasteiger partial charge < -0.3 is 11.1 Å². The third-order valence-corrected chi connectivity index (χ3v) is 5.56. The first-order chi connectivity index (χ1) is 13.5. The molecule has 0 spiro atoms. The summed E-state index contributed by atoms with van der Waals surface area (Å²) < 4.78 is 0. The summed E-state index contributed by atoms with van der Waals surface area (Å²) in [5, 5.41) is 3.58. The summed E-state index contributed by atoms with van der Waals surface area (Å²) in [5.74, 6) is 0.411. The van der Waals surface area contributed by atoms with E-state index in [1.165, 1.54) is 23.1 Å². The second-order valence-electron chi connectivity index (χ2n) is 8.32. The van der Waals surface area contributed by atoms with E-state index in [1.807, 2.05) is 0 Å². The number of nitrogens with two attached hydrogens (primary N) is 1. The second kappa shape index (κ2) is 9.85. The zero-order valence-corrected chi connectivity index (χ0v) is 17.2. The van der Waals surface area contributed by atoms with Crippen LogP contribution in [0, 0.1) is 5.92 Å². The third-order valence-electron chi connectivity index (χ3n) is 5.56. The van der Waals surface area contributed by atoms with Gasteiger partial charge in [0.25, 0.3) is 0 Å². The van der Waals surface area contributed by atoms with Crippen LogP contribution in [-0.2, 0) is 30.7 Å². The Balaban J connectivity index is 1.66. The van der Waals surface area contributed by atoms with Gasteiger partial charge in [-0.1, -0.05) is 62.4 Å². The number of fused-ring (bicyclic) bond motifs is 1. The van der Waals surface area contributed by atoms with Crippen LogP contribution in [0.3, 0.4) is 0 Å². The molecule has 3 rings (SSSR count). The number of nitrogens with one attached hydrogen (secondary N) is 1. The van der Waals surface area contributed by atoms with Crippen molar-refractivity contribution >= 4 is 5.91 Å². The summed E-state index contributed by atoms with van der Waals surface area (Å²) in [6, 6.07) is 17.4. The van der Waals surface area contributed by atoms with E-state index in [2.05, 4.69) is 72.6 Å². The summed E-state index contributed by atoms with van der Waals surface area (Å²) in [5.41, 5.74) is 10.6. The molecule has 1 amide bonds. The van der Waals surface area contributed by atoms with Crippen LogP contribution < -0.4 is 11.1 Å². The van der Waals surface area contributed by atoms with Gasteiger partial charge in [0.15, 0.2) is 0 Å². The van der Waals surface area contributed by atoms with Gasteiger partial charge in [0, 0.05) is 32.2 Å². The van der Waals surface area contributed by atoms with Crippen molar-refractivity contribution in [2.24, 2.45) is 11.7 Å². The Morgan fingerprint density at radius 2 is 1.96 bits per heavy atom. The molecule has 4 heteroatoms. The molecule has 0 saturated carbocycles. The molecule has 28 heavy (non-hydrogen) atoms. The van der Waals surface area contributed by atoms with Crippen molar-refractivity contribution in [2.45, 2.75) is 52.2 Å². The van der Waals surface area contributed by atoms with Crippen molar-refractivity contribution in [1.29, 1.82) is 0 Å². The zero-order chi connectivity index (χ0) is 19.9. The maximum absolute atomic E-state index is 11.5. The molecule has 1 heterocycles. The first-order valence-corrected chi connectivity index (χ1v) is 10.4. The molecular formula is C24H33N3O. The van der Waals surface area contributed by atoms with Crippen LogP contribution in [0.15, 0.2) is 48.5 Å². The summed E-state index contributed by atoms with van der Waals surface area (Å²) in [6.45, 7) is 8.36. The van der Waals surface area contributed by atoms with Crippen LogP contribution in [0.4, 0.5) is 0 Å². The number of hydrogen-bond donors (Lipinski definition) is 2. The predicted molar refractivity (Wildman–Crippen MR) is 115 cm³/mol. The normalized spacial score (nSPS) is 16.9. The number of primary amides is 1. The van der Waals surface area contributed by atoms with Gasteiger partial charge in [0.1, 0.15) is 0 Å². The van der Waals surface area contributed by atoms with Crippen LogP contribution >= 0.6 is 0 Å². The standard InChI is InChI=1S/C24H33N3O/c1-18(2)13-22-14-20-9-6-10-21(15-24(25)28)23(20)17-27(22)12-11-26-16-19-7-4-3-5-8-19/h3-10,18,22,26H,11-17H2,1-2H3,(H2,25,28). The van der Waals surface area contributed by atoms with E-state index in [0.29, 0.717) is 18.4 Å². The Bertz CT molecular complexity index is 773. The van der Waals surface area contributed by atoms with E-state index in [-0.39, 0.29) is 5.91 Å². The Labute approximate surface area is 169 Å². The summed E-state index contributed by atoms with van der Waals surface area (Å²) in [4.78, 5) is 14.1. The van der Waals surface area contributed by atoms with Crippen molar-refractivity contribution in [1.82, 2.24) is 10.2 Å². The maximum Gasteiger partial charge on any atom is 0.221 e. The Kier molecular flexibility index (Phi) is 7.24. The largest absolute Gasteiger partial charge is 0.369 e. The summed E-state index contributed by atoms with van der Waals surface area (Å²) in [7, 11) is 0. The van der Waals surface area contributed by atoms with Crippen LogP contribution in [0.1, 0.15) is 42.5 Å². The molecule has 2 aromatic carbocycles. The molecule has 0 aromatic heterocycles. The number of rotatable bonds is 9. The third kappa shape index (κ3) is 5.66. The van der Waals surface area contributed by atoms with Gasteiger partial charge in [0.2, 0.25) is 5.91 Å². The first kappa shape index (κ1) is 20.6. The molecule has 1 atom stereocenters. The van der Waals surface area contributed by atoms with Gasteiger partial charge in [-0.3, -0.25) is 9.69 Å². The molecule has 4 nitrogen and oxygen atoms in total. The molecule has 3 N–H and O–H groups in total. The molecule has 1 aliphatic heterocycles. The molecule has 0 aliphatic carbocycles. The number of carbonyl (C=O) groups excluding carboxylic acids is 1. The Hall–Kier alpha value is -2.17. The van der Waals surface area contributed by atoms with E-state index in [4.69, 9.17) is 5.73 Å². The fourth-order valence-corrected chi connectivity index (χ4v) is 4.24. The van der Waals surface area contributed by atoms with Gasteiger partial charge >= 0.3 is 0 Å². The molecule has 150 valence electrons. The molecule has 0 radical (unpaired) electrons. The average molecular weight is 380 g/mol. The Morgan fingerprint density at radius 1 is 1.18 bits per heavy atom. The highest BCUT2D eigenvalue weighted by molar-refractivity contribution is 5.77. The van der Waals surface area contributed by atoms with Crippen LogP contribution in [0.5, 0.6) is 0 Å². The smallest absolute Gasteiger partial charge is 0.221 e. The first-order valence-electron chi connectivity index (χ1n) is 10.4. The van der Waals surface area contributed by atoms with Crippen molar-refractivity contribution in [2.75, 3.05) is 13.1 Å². The SMILES string of the molecule is CC(C)CC1Cc2cccc(CC(N)=O)c2CN1CCNCc1ccccc1. The summed E-state index contributed by atoms with van der Waals surface area (Å²) in [6.07, 6.45) is 2.58. The van der Waals surface area contributed by atoms with E-state index < -0.39 is 0 Å². The topological polar surface area (TPSA) is 58.4 Å². The van der Waals surface area contributed by atoms with Gasteiger partial charge in [-0.2, -0.15) is 0 Å². The van der Waals surface area contributed by atoms with Gasteiger partial charge in [-0.25, -0.2) is 0 Å². The highest BCUT2D eigenvalue weighted by Crippen LogP contribution is 2.29. The minimum Gasteiger partial charge on any atom is -0.369 e. The predicted octanol–water partition coefficient (Wildman–Crippen LogP) is 3.28. The van der Waals surface area contributed by atoms with Crippen LogP contribution in [0.2, 0.25) is 0 Å². The van der Waals surface area contributed by atoms with E-state index in [0.717, 1.165) is 38.2 Å². The molecular weight excluding hydrogens is 346 g/mol. The molecule has 1 aliphatic rings. The highest BCUT2D eigenvalue weighted by atomic mass is 16.1. The molecule has 0 fully saturated rings. The van der Waals surface area contributed by atoms with E-state index in [1.54, 1.807) is 0 Å². The number of hydrogen-bond acceptors (Lipinski definition) is 3. The van der Waals surface area contributed by atoms with Crippen LogP contribution in [0.25, 0.3) is 0 Å². The van der Waals surface area contributed by atoms with Crippen LogP contribution in [-0.4, -0.2) is 29.9 Å². The molecule has 0 saturated heterocycles. The number of nitrogens with zero attached hydrogens (tertiary/aromatic N) is 1. The van der Waals surface area contributed by atoms with Gasteiger partial charge in [-0.05, 0) is 41.0 Å². The van der Waals surface area contributed by atoms with Crippen molar-refractivity contribution in [3.8, 4) is 0 Å². The lowest BCUT2D eigenvalue weighted by Gasteiger charge is -2.39. The Morgan fingerprint density at radius 3 is 2.68 bits per heavy atom.